The second-order valence-corrected chi connectivity index (χ2v) is 12.9. The van der Waals surface area contributed by atoms with Crippen LogP contribution in [0.1, 0.15) is 36.8 Å². The van der Waals surface area contributed by atoms with Gasteiger partial charge < -0.3 is 15.4 Å². The monoisotopic (exact) mass is 610 g/mol. The summed E-state index contributed by atoms with van der Waals surface area (Å²) in [5.74, 6) is -0.586. The highest BCUT2D eigenvalue weighted by atomic mass is 35.5. The lowest BCUT2D eigenvalue weighted by Crippen LogP contribution is -2.51. The molecule has 0 aliphatic carbocycles. The number of anilines is 2. The molecule has 39 heavy (non-hydrogen) atoms. The van der Waals surface area contributed by atoms with E-state index in [1.54, 1.807) is 32.9 Å². The van der Waals surface area contributed by atoms with Crippen molar-refractivity contribution in [2.75, 3.05) is 16.2 Å². The molecular weight excluding hydrogens is 587 g/mol. The molecule has 4 rings (SSSR count). The number of sulfonamides is 1. The fourth-order valence-electron chi connectivity index (χ4n) is 3.98. The topological polar surface area (TPSA) is 118 Å². The van der Waals surface area contributed by atoms with Gasteiger partial charge in [0, 0.05) is 11.4 Å². The highest BCUT2D eigenvalue weighted by molar-refractivity contribution is 7.92. The lowest BCUT2D eigenvalue weighted by atomic mass is 10.0. The molecule has 1 aliphatic rings. The van der Waals surface area contributed by atoms with Crippen LogP contribution >= 0.6 is 34.8 Å². The summed E-state index contributed by atoms with van der Waals surface area (Å²) in [6.45, 7) is 5.07. The Balaban J connectivity index is 1.71. The first-order chi connectivity index (χ1) is 18.2. The molecule has 1 aromatic heterocycles. The van der Waals surface area contributed by atoms with Gasteiger partial charge in [-0.1, -0.05) is 46.9 Å². The minimum Gasteiger partial charge on any atom is -0.444 e. The molecule has 1 atom stereocenters. The third-order valence-electron chi connectivity index (χ3n) is 5.59. The number of nitrogens with one attached hydrogen (secondary N) is 2. The van der Waals surface area contributed by atoms with Crippen molar-refractivity contribution in [3.05, 3.63) is 81.1 Å². The van der Waals surface area contributed by atoms with E-state index in [1.807, 2.05) is 0 Å². The highest BCUT2D eigenvalue weighted by Crippen LogP contribution is 2.34. The molecule has 13 heteroatoms. The van der Waals surface area contributed by atoms with Crippen molar-refractivity contribution in [1.29, 1.82) is 0 Å². The van der Waals surface area contributed by atoms with E-state index in [1.165, 1.54) is 42.6 Å². The number of nitrogens with zero attached hydrogens (tertiary/aromatic N) is 2. The molecule has 0 saturated heterocycles. The average Bonchev–Trinajstić information content (AvgIpc) is 2.82. The van der Waals surface area contributed by atoms with Crippen LogP contribution in [0.5, 0.6) is 0 Å². The van der Waals surface area contributed by atoms with Crippen molar-refractivity contribution in [2.45, 2.75) is 43.7 Å². The van der Waals surface area contributed by atoms with E-state index in [0.29, 0.717) is 5.69 Å². The van der Waals surface area contributed by atoms with Gasteiger partial charge in [-0.3, -0.25) is 14.1 Å². The molecule has 2 aromatic carbocycles. The van der Waals surface area contributed by atoms with Gasteiger partial charge in [0.25, 0.3) is 15.9 Å². The van der Waals surface area contributed by atoms with Crippen molar-refractivity contribution >= 4 is 68.2 Å². The first kappa shape index (κ1) is 28.9. The van der Waals surface area contributed by atoms with Crippen LogP contribution in [0, 0.1) is 0 Å². The summed E-state index contributed by atoms with van der Waals surface area (Å²) in [7, 11) is -4.15. The molecule has 3 aromatic rings. The predicted octanol–water partition coefficient (Wildman–Crippen LogP) is 5.94. The van der Waals surface area contributed by atoms with Crippen molar-refractivity contribution in [1.82, 2.24) is 10.3 Å². The number of hydrogen-bond donors (Lipinski definition) is 2. The second-order valence-electron chi connectivity index (χ2n) is 9.78. The van der Waals surface area contributed by atoms with Crippen LogP contribution in [-0.4, -0.2) is 43.6 Å². The lowest BCUT2D eigenvalue weighted by Gasteiger charge is -2.35. The number of carbonyl (C=O) groups excluding carboxylic acids is 2. The van der Waals surface area contributed by atoms with Crippen molar-refractivity contribution in [2.24, 2.45) is 0 Å². The Morgan fingerprint density at radius 3 is 2.36 bits per heavy atom. The normalized spacial score (nSPS) is 15.3. The third kappa shape index (κ3) is 6.75. The van der Waals surface area contributed by atoms with E-state index in [4.69, 9.17) is 39.5 Å². The Kier molecular flexibility index (Phi) is 8.32. The number of halogens is 3. The van der Waals surface area contributed by atoms with Gasteiger partial charge in [-0.2, -0.15) is 0 Å². The van der Waals surface area contributed by atoms with Crippen LogP contribution in [0.15, 0.2) is 59.6 Å². The maximum Gasteiger partial charge on any atom is 0.407 e. The fourth-order valence-corrected chi connectivity index (χ4v) is 6.38. The minimum absolute atomic E-state index is 0.0452. The van der Waals surface area contributed by atoms with Crippen LogP contribution in [0.2, 0.25) is 15.1 Å². The van der Waals surface area contributed by atoms with Crippen LogP contribution in [0.25, 0.3) is 0 Å². The molecule has 0 spiro atoms. The number of fused-ring (bicyclic) bond motifs is 1. The number of benzene rings is 2. The first-order valence-corrected chi connectivity index (χ1v) is 14.3. The van der Waals surface area contributed by atoms with Crippen molar-refractivity contribution in [3.63, 3.8) is 0 Å². The Hall–Kier alpha value is -3.05. The van der Waals surface area contributed by atoms with Crippen LogP contribution in [0.4, 0.5) is 16.2 Å². The smallest absolute Gasteiger partial charge is 0.407 e. The number of hydrogen-bond acceptors (Lipinski definition) is 6. The zero-order valence-electron chi connectivity index (χ0n) is 21.2. The molecule has 2 amide bonds. The summed E-state index contributed by atoms with van der Waals surface area (Å²) < 4.78 is 34.0. The second kappa shape index (κ2) is 11.2. The van der Waals surface area contributed by atoms with Gasteiger partial charge in [0.2, 0.25) is 0 Å². The SMILES string of the molecule is CC(C)(C)OC(=O)N[C@@H]1Cc2ncc(NC(=O)c3c(Cl)cccc3Cl)cc2N(S(=O)(=O)c2cccc(Cl)c2)C1. The summed E-state index contributed by atoms with van der Waals surface area (Å²) in [5, 5.41) is 5.97. The molecule has 0 saturated carbocycles. The Labute approximate surface area is 241 Å². The van der Waals surface area contributed by atoms with Gasteiger partial charge in [0.15, 0.2) is 0 Å². The molecule has 0 fully saturated rings. The molecular formula is C26H25Cl3N4O5S. The van der Waals surface area contributed by atoms with Gasteiger partial charge in [0.05, 0.1) is 56.4 Å². The zero-order valence-corrected chi connectivity index (χ0v) is 24.2. The molecule has 1 aliphatic heterocycles. The van der Waals surface area contributed by atoms with Gasteiger partial charge in [-0.15, -0.1) is 0 Å². The van der Waals surface area contributed by atoms with E-state index >= 15 is 0 Å². The van der Waals surface area contributed by atoms with E-state index in [-0.39, 0.29) is 49.9 Å². The fraction of sp³-hybridized carbons (Fsp3) is 0.269. The number of pyridine rings is 1. The third-order valence-corrected chi connectivity index (χ3v) is 8.24. The Bertz CT molecular complexity index is 1520. The van der Waals surface area contributed by atoms with Crippen LogP contribution in [0.3, 0.4) is 0 Å². The molecule has 0 radical (unpaired) electrons. The van der Waals surface area contributed by atoms with Crippen LogP contribution < -0.4 is 14.9 Å². The Morgan fingerprint density at radius 1 is 1.05 bits per heavy atom. The molecule has 206 valence electrons. The zero-order chi connectivity index (χ0) is 28.5. The number of aromatic nitrogens is 1. The largest absolute Gasteiger partial charge is 0.444 e. The summed E-state index contributed by atoms with van der Waals surface area (Å²) in [6, 6.07) is 11.4. The molecule has 2 heterocycles. The van der Waals surface area contributed by atoms with E-state index < -0.39 is 33.7 Å². The highest BCUT2D eigenvalue weighted by Gasteiger charge is 2.36. The molecule has 9 nitrogen and oxygen atoms in total. The van der Waals surface area contributed by atoms with E-state index in [0.717, 1.165) is 4.31 Å². The molecule has 0 unspecified atom stereocenters. The number of ether oxygens (including phenoxy) is 1. The molecule has 0 bridgehead atoms. The number of alkyl carbamates (subject to hydrolysis) is 1. The lowest BCUT2D eigenvalue weighted by molar-refractivity contribution is 0.0505. The van der Waals surface area contributed by atoms with Crippen molar-refractivity contribution < 1.29 is 22.7 Å². The predicted molar refractivity (Wildman–Crippen MR) is 151 cm³/mol. The quantitative estimate of drug-likeness (QED) is 0.369. The Morgan fingerprint density at radius 2 is 1.72 bits per heavy atom. The number of amides is 2. The number of rotatable bonds is 5. The summed E-state index contributed by atoms with van der Waals surface area (Å²) >= 11 is 18.4. The van der Waals surface area contributed by atoms with Crippen molar-refractivity contribution in [3.8, 4) is 0 Å². The van der Waals surface area contributed by atoms with Crippen LogP contribution in [-0.2, 0) is 21.2 Å². The van der Waals surface area contributed by atoms with Gasteiger partial charge in [-0.05, 0) is 57.2 Å². The van der Waals surface area contributed by atoms with E-state index in [2.05, 4.69) is 15.6 Å². The summed E-state index contributed by atoms with van der Waals surface area (Å²) in [6.07, 6.45) is 0.930. The maximum absolute atomic E-state index is 13.8. The van der Waals surface area contributed by atoms with Gasteiger partial charge in [0.1, 0.15) is 5.60 Å². The minimum atomic E-state index is -4.15. The van der Waals surface area contributed by atoms with E-state index in [9.17, 15) is 18.0 Å². The summed E-state index contributed by atoms with van der Waals surface area (Å²) in [5.41, 5.74) is 0.184. The van der Waals surface area contributed by atoms with Gasteiger partial charge in [-0.25, -0.2) is 13.2 Å². The summed E-state index contributed by atoms with van der Waals surface area (Å²) in [4.78, 5) is 29.8. The maximum atomic E-state index is 13.8. The number of carbonyl (C=O) groups is 2. The first-order valence-electron chi connectivity index (χ1n) is 11.8. The van der Waals surface area contributed by atoms with Gasteiger partial charge >= 0.3 is 6.09 Å². The molecule has 2 N–H and O–H groups in total. The average molecular weight is 612 g/mol. The standard InChI is InChI=1S/C26H25Cl3N4O5S/c1-26(2,3)38-25(35)32-17-11-21-22(33(14-17)39(36,37)18-7-4-6-15(27)10-18)12-16(13-30-21)31-24(34)23-19(28)8-5-9-20(23)29/h4-10,12-13,17H,11,14H2,1-3H3,(H,31,34)(H,32,35)/t17-/m1/s1.